The van der Waals surface area contributed by atoms with E-state index < -0.39 is 5.97 Å². The molecule has 1 aromatic heterocycles. The third-order valence-corrected chi connectivity index (χ3v) is 3.52. The van der Waals surface area contributed by atoms with Crippen molar-refractivity contribution in [1.29, 1.82) is 0 Å². The quantitative estimate of drug-likeness (QED) is 0.741. The van der Waals surface area contributed by atoms with Crippen molar-refractivity contribution in [2.24, 2.45) is 0 Å². The number of H-pyrrole nitrogens is 1. The van der Waals surface area contributed by atoms with Crippen LogP contribution in [0.25, 0.3) is 22.2 Å². The molecule has 94 valence electrons. The standard InChI is InChI=1S/C15H10BrNO2/c16-12-5-6-13-11(7-12)8-14(17-13)9-1-3-10(4-2-9)15(18)19/h1-8,17H,(H,18,19). The molecule has 0 aliphatic carbocycles. The van der Waals surface area contributed by atoms with E-state index >= 15 is 0 Å². The minimum Gasteiger partial charge on any atom is -0.478 e. The van der Waals surface area contributed by atoms with Crippen LogP contribution in [0.1, 0.15) is 10.4 Å². The fourth-order valence-electron chi connectivity index (χ4n) is 2.05. The van der Waals surface area contributed by atoms with Gasteiger partial charge in [-0.05, 0) is 42.0 Å². The number of carbonyl (C=O) groups is 1. The number of nitrogens with one attached hydrogen (secondary N) is 1. The number of hydrogen-bond donors (Lipinski definition) is 2. The Morgan fingerprint density at radius 3 is 2.47 bits per heavy atom. The SMILES string of the molecule is O=C(O)c1ccc(-c2cc3cc(Br)ccc3[nH]2)cc1. The summed E-state index contributed by atoms with van der Waals surface area (Å²) in [5, 5.41) is 10.00. The molecule has 3 nitrogen and oxygen atoms in total. The molecule has 0 radical (unpaired) electrons. The Kier molecular flexibility index (Phi) is 2.87. The number of aromatic nitrogens is 1. The number of benzene rings is 2. The van der Waals surface area contributed by atoms with Gasteiger partial charge in [0.15, 0.2) is 0 Å². The van der Waals surface area contributed by atoms with E-state index in [9.17, 15) is 4.79 Å². The van der Waals surface area contributed by atoms with Gasteiger partial charge in [-0.15, -0.1) is 0 Å². The fraction of sp³-hybridized carbons (Fsp3) is 0. The number of carboxylic acids is 1. The molecule has 0 aliphatic rings. The topological polar surface area (TPSA) is 53.1 Å². The van der Waals surface area contributed by atoms with E-state index in [2.05, 4.69) is 27.0 Å². The van der Waals surface area contributed by atoms with Crippen LogP contribution in [0.5, 0.6) is 0 Å². The highest BCUT2D eigenvalue weighted by Crippen LogP contribution is 2.26. The van der Waals surface area contributed by atoms with Crippen LogP contribution in [-0.2, 0) is 0 Å². The van der Waals surface area contributed by atoms with Gasteiger partial charge in [-0.2, -0.15) is 0 Å². The molecule has 0 aliphatic heterocycles. The highest BCUT2D eigenvalue weighted by Gasteiger charge is 2.06. The number of carboxylic acid groups (broad SMARTS) is 1. The summed E-state index contributed by atoms with van der Waals surface area (Å²) < 4.78 is 1.03. The fourth-order valence-corrected chi connectivity index (χ4v) is 2.43. The summed E-state index contributed by atoms with van der Waals surface area (Å²) in [5.41, 5.74) is 3.30. The Morgan fingerprint density at radius 1 is 1.05 bits per heavy atom. The van der Waals surface area contributed by atoms with Crippen molar-refractivity contribution in [2.45, 2.75) is 0 Å². The zero-order valence-electron chi connectivity index (χ0n) is 9.85. The molecule has 2 aromatic carbocycles. The Hall–Kier alpha value is -2.07. The molecule has 0 atom stereocenters. The first kappa shape index (κ1) is 12.0. The summed E-state index contributed by atoms with van der Waals surface area (Å²) in [6.45, 7) is 0. The molecule has 0 saturated carbocycles. The molecule has 0 spiro atoms. The Bertz CT molecular complexity index is 759. The van der Waals surface area contributed by atoms with Gasteiger partial charge >= 0.3 is 5.97 Å². The highest BCUT2D eigenvalue weighted by molar-refractivity contribution is 9.10. The molecular formula is C15H10BrNO2. The van der Waals surface area contributed by atoms with Crippen molar-refractivity contribution in [3.05, 3.63) is 58.6 Å². The lowest BCUT2D eigenvalue weighted by Gasteiger charge is -1.98. The van der Waals surface area contributed by atoms with Gasteiger partial charge in [0.25, 0.3) is 0 Å². The van der Waals surface area contributed by atoms with Crippen LogP contribution in [0.2, 0.25) is 0 Å². The Labute approximate surface area is 118 Å². The number of hydrogen-bond acceptors (Lipinski definition) is 1. The monoisotopic (exact) mass is 315 g/mol. The van der Waals surface area contributed by atoms with Crippen molar-refractivity contribution < 1.29 is 9.90 Å². The highest BCUT2D eigenvalue weighted by atomic mass is 79.9. The van der Waals surface area contributed by atoms with Crippen molar-refractivity contribution in [1.82, 2.24) is 4.98 Å². The molecule has 1 heterocycles. The number of rotatable bonds is 2. The second-order valence-corrected chi connectivity index (χ2v) is 5.21. The third-order valence-electron chi connectivity index (χ3n) is 3.03. The summed E-state index contributed by atoms with van der Waals surface area (Å²) in [4.78, 5) is 14.1. The summed E-state index contributed by atoms with van der Waals surface area (Å²) in [7, 11) is 0. The van der Waals surface area contributed by atoms with E-state index in [1.165, 1.54) is 0 Å². The second-order valence-electron chi connectivity index (χ2n) is 4.30. The van der Waals surface area contributed by atoms with Gasteiger partial charge in [0.1, 0.15) is 0 Å². The Morgan fingerprint density at radius 2 is 1.79 bits per heavy atom. The molecule has 0 bridgehead atoms. The summed E-state index contributed by atoms with van der Waals surface area (Å²) in [6, 6.07) is 14.9. The number of aromatic carboxylic acids is 1. The summed E-state index contributed by atoms with van der Waals surface area (Å²) in [6.07, 6.45) is 0. The van der Waals surface area contributed by atoms with Crippen molar-refractivity contribution >= 4 is 32.8 Å². The largest absolute Gasteiger partial charge is 0.478 e. The normalized spacial score (nSPS) is 10.8. The van der Waals surface area contributed by atoms with E-state index in [-0.39, 0.29) is 0 Å². The molecular weight excluding hydrogens is 306 g/mol. The maximum absolute atomic E-state index is 10.8. The average Bonchev–Trinajstić information content (AvgIpc) is 2.81. The molecule has 0 amide bonds. The van der Waals surface area contributed by atoms with Gasteiger partial charge in [0.2, 0.25) is 0 Å². The van der Waals surface area contributed by atoms with Crippen molar-refractivity contribution in [3.8, 4) is 11.3 Å². The molecule has 4 heteroatoms. The molecule has 2 N–H and O–H groups in total. The smallest absolute Gasteiger partial charge is 0.335 e. The number of aromatic amines is 1. The first-order valence-electron chi connectivity index (χ1n) is 5.75. The lowest BCUT2D eigenvalue weighted by atomic mass is 10.1. The molecule has 0 saturated heterocycles. The minimum absolute atomic E-state index is 0.294. The zero-order chi connectivity index (χ0) is 13.4. The molecule has 3 rings (SSSR count). The average molecular weight is 316 g/mol. The van der Waals surface area contributed by atoms with Crippen LogP contribution < -0.4 is 0 Å². The van der Waals surface area contributed by atoms with Crippen LogP contribution in [-0.4, -0.2) is 16.1 Å². The predicted octanol–water partition coefficient (Wildman–Crippen LogP) is 4.30. The molecule has 3 aromatic rings. The van der Waals surface area contributed by atoms with Gasteiger partial charge in [-0.25, -0.2) is 4.79 Å². The number of fused-ring (bicyclic) bond motifs is 1. The van der Waals surface area contributed by atoms with E-state index in [0.717, 1.165) is 26.6 Å². The van der Waals surface area contributed by atoms with E-state index in [1.807, 2.05) is 30.3 Å². The predicted molar refractivity (Wildman–Crippen MR) is 78.4 cm³/mol. The van der Waals surface area contributed by atoms with Crippen LogP contribution >= 0.6 is 15.9 Å². The lowest BCUT2D eigenvalue weighted by Crippen LogP contribution is -1.94. The van der Waals surface area contributed by atoms with E-state index in [0.29, 0.717) is 5.56 Å². The van der Waals surface area contributed by atoms with Crippen molar-refractivity contribution in [3.63, 3.8) is 0 Å². The first-order valence-corrected chi connectivity index (χ1v) is 6.55. The minimum atomic E-state index is -0.910. The summed E-state index contributed by atoms with van der Waals surface area (Å²) in [5.74, 6) is -0.910. The van der Waals surface area contributed by atoms with Crippen LogP contribution in [0.4, 0.5) is 0 Å². The second kappa shape index (κ2) is 4.55. The maximum Gasteiger partial charge on any atom is 0.335 e. The first-order chi connectivity index (χ1) is 9.13. The molecule has 0 fully saturated rings. The van der Waals surface area contributed by atoms with Gasteiger partial charge in [0, 0.05) is 21.1 Å². The van der Waals surface area contributed by atoms with Crippen molar-refractivity contribution in [2.75, 3.05) is 0 Å². The van der Waals surface area contributed by atoms with Crippen LogP contribution in [0.15, 0.2) is 53.0 Å². The van der Waals surface area contributed by atoms with Gasteiger partial charge in [-0.3, -0.25) is 0 Å². The Balaban J connectivity index is 2.06. The van der Waals surface area contributed by atoms with Gasteiger partial charge in [0.05, 0.1) is 5.56 Å². The number of halogens is 1. The molecule has 0 unspecified atom stereocenters. The summed E-state index contributed by atoms with van der Waals surface area (Å²) >= 11 is 3.44. The van der Waals surface area contributed by atoms with Crippen LogP contribution in [0.3, 0.4) is 0 Å². The zero-order valence-corrected chi connectivity index (χ0v) is 11.4. The van der Waals surface area contributed by atoms with E-state index in [4.69, 9.17) is 5.11 Å². The lowest BCUT2D eigenvalue weighted by molar-refractivity contribution is 0.0697. The third kappa shape index (κ3) is 2.27. The van der Waals surface area contributed by atoms with Gasteiger partial charge < -0.3 is 10.1 Å². The maximum atomic E-state index is 10.8. The van der Waals surface area contributed by atoms with Crippen LogP contribution in [0, 0.1) is 0 Å². The molecule has 19 heavy (non-hydrogen) atoms. The van der Waals surface area contributed by atoms with Gasteiger partial charge in [-0.1, -0.05) is 28.1 Å². The van der Waals surface area contributed by atoms with E-state index in [1.54, 1.807) is 12.1 Å².